The van der Waals surface area contributed by atoms with Crippen molar-refractivity contribution in [1.29, 1.82) is 0 Å². The fourth-order valence-corrected chi connectivity index (χ4v) is 4.93. The van der Waals surface area contributed by atoms with Gasteiger partial charge in [-0.25, -0.2) is 4.98 Å². The van der Waals surface area contributed by atoms with Crippen LogP contribution in [-0.4, -0.2) is 23.7 Å². The number of pyridine rings is 1. The van der Waals surface area contributed by atoms with Crippen molar-refractivity contribution < 1.29 is 4.74 Å². The average Bonchev–Trinajstić information content (AvgIpc) is 3.39. The van der Waals surface area contributed by atoms with E-state index < -0.39 is 0 Å². The number of hydrogen-bond acceptors (Lipinski definition) is 4. The first-order chi connectivity index (χ1) is 13.8. The van der Waals surface area contributed by atoms with E-state index in [0.29, 0.717) is 30.4 Å². The number of aromatic nitrogens is 1. The summed E-state index contributed by atoms with van der Waals surface area (Å²) >= 11 is 0. The second-order valence-electron chi connectivity index (χ2n) is 9.79. The van der Waals surface area contributed by atoms with Crippen LogP contribution in [0.2, 0.25) is 0 Å². The number of rotatable bonds is 8. The van der Waals surface area contributed by atoms with Gasteiger partial charge in [-0.1, -0.05) is 32.0 Å². The third-order valence-corrected chi connectivity index (χ3v) is 6.55. The molecule has 0 amide bonds. The van der Waals surface area contributed by atoms with Gasteiger partial charge in [0.1, 0.15) is 18.2 Å². The monoisotopic (exact) mass is 465 g/mol. The molecule has 0 aliphatic heterocycles. The SMILES string of the molecule is Cc1cccc(C)c1-c1cc(OC[C@@H](CC(C)C)NC2CC3(CC3)C2)cc(N)n1.Cl.Cl. The Morgan fingerprint density at radius 2 is 1.77 bits per heavy atom. The number of anilines is 1. The molecule has 6 heteroatoms. The highest BCUT2D eigenvalue weighted by Crippen LogP contribution is 2.60. The van der Waals surface area contributed by atoms with E-state index >= 15 is 0 Å². The summed E-state index contributed by atoms with van der Waals surface area (Å²) in [6.07, 6.45) is 6.69. The summed E-state index contributed by atoms with van der Waals surface area (Å²) in [6, 6.07) is 11.2. The molecule has 0 bridgehead atoms. The van der Waals surface area contributed by atoms with Crippen LogP contribution < -0.4 is 15.8 Å². The zero-order chi connectivity index (χ0) is 20.6. The summed E-state index contributed by atoms with van der Waals surface area (Å²) in [7, 11) is 0. The predicted molar refractivity (Wildman–Crippen MR) is 135 cm³/mol. The van der Waals surface area contributed by atoms with Crippen LogP contribution in [0.15, 0.2) is 30.3 Å². The summed E-state index contributed by atoms with van der Waals surface area (Å²) in [5.74, 6) is 1.94. The summed E-state index contributed by atoms with van der Waals surface area (Å²) in [4.78, 5) is 4.58. The second-order valence-corrected chi connectivity index (χ2v) is 9.79. The number of aryl methyl sites for hydroxylation is 2. The number of nitrogens with zero attached hydrogens (tertiary/aromatic N) is 1. The van der Waals surface area contributed by atoms with Crippen molar-refractivity contribution in [3.05, 3.63) is 41.5 Å². The number of benzene rings is 1. The Kier molecular flexibility index (Phi) is 8.66. The molecule has 2 aliphatic rings. The van der Waals surface area contributed by atoms with Gasteiger partial charge >= 0.3 is 0 Å². The Morgan fingerprint density at radius 1 is 1.13 bits per heavy atom. The van der Waals surface area contributed by atoms with Gasteiger partial charge in [0.25, 0.3) is 0 Å². The lowest BCUT2D eigenvalue weighted by Gasteiger charge is -2.39. The van der Waals surface area contributed by atoms with Gasteiger partial charge < -0.3 is 15.8 Å². The maximum atomic E-state index is 6.25. The maximum absolute atomic E-state index is 6.25. The molecule has 0 radical (unpaired) electrons. The first-order valence-corrected chi connectivity index (χ1v) is 11.1. The van der Waals surface area contributed by atoms with Gasteiger partial charge in [0, 0.05) is 29.8 Å². The molecule has 1 spiro atoms. The summed E-state index contributed by atoms with van der Waals surface area (Å²) in [6.45, 7) is 9.45. The smallest absolute Gasteiger partial charge is 0.127 e. The molecule has 3 N–H and O–H groups in total. The topological polar surface area (TPSA) is 60.2 Å². The van der Waals surface area contributed by atoms with Gasteiger partial charge in [-0.05, 0) is 68.4 Å². The lowest BCUT2D eigenvalue weighted by molar-refractivity contribution is 0.152. The molecule has 1 atom stereocenters. The van der Waals surface area contributed by atoms with Crippen molar-refractivity contribution in [3.8, 4) is 17.0 Å². The fraction of sp³-hybridized carbons (Fsp3) is 0.560. The predicted octanol–water partition coefficient (Wildman–Crippen LogP) is 6.12. The Hall–Kier alpha value is -1.49. The largest absolute Gasteiger partial charge is 0.492 e. The van der Waals surface area contributed by atoms with Crippen LogP contribution in [0.5, 0.6) is 5.75 Å². The Labute approximate surface area is 199 Å². The summed E-state index contributed by atoms with van der Waals surface area (Å²) in [5.41, 5.74) is 11.3. The molecule has 0 saturated heterocycles. The minimum atomic E-state index is 0. The highest BCUT2D eigenvalue weighted by atomic mass is 35.5. The molecule has 2 fully saturated rings. The quantitative estimate of drug-likeness (QED) is 0.492. The van der Waals surface area contributed by atoms with Crippen LogP contribution in [0.4, 0.5) is 5.82 Å². The van der Waals surface area contributed by atoms with E-state index in [1.807, 2.05) is 12.1 Å². The molecule has 1 aromatic carbocycles. The highest BCUT2D eigenvalue weighted by molar-refractivity contribution is 5.85. The number of hydrogen-bond donors (Lipinski definition) is 2. The van der Waals surface area contributed by atoms with Crippen LogP contribution in [0, 0.1) is 25.2 Å². The molecular formula is C25H37Cl2N3O. The lowest BCUT2D eigenvalue weighted by Crippen LogP contribution is -2.49. The van der Waals surface area contributed by atoms with Crippen LogP contribution in [0.1, 0.15) is 57.1 Å². The standard InChI is InChI=1S/C25H35N3O.2ClH/c1-16(2)10-19(27-20-13-25(14-20)8-9-25)15-29-21-11-22(28-23(26)12-21)24-17(3)6-5-7-18(24)4;;/h5-7,11-12,16,19-20,27H,8-10,13-15H2,1-4H3,(H2,26,28);2*1H/t19-;;/m1../s1. The second kappa shape index (κ2) is 10.4. The maximum Gasteiger partial charge on any atom is 0.127 e. The first-order valence-electron chi connectivity index (χ1n) is 11.1. The molecule has 1 heterocycles. The normalized spacial score (nSPS) is 17.5. The summed E-state index contributed by atoms with van der Waals surface area (Å²) < 4.78 is 6.25. The van der Waals surface area contributed by atoms with E-state index in [1.165, 1.54) is 36.8 Å². The van der Waals surface area contributed by atoms with Gasteiger partial charge in [0.15, 0.2) is 0 Å². The average molecular weight is 466 g/mol. The Balaban J connectivity index is 0.00000171. The number of ether oxygens (including phenoxy) is 1. The van der Waals surface area contributed by atoms with E-state index in [1.54, 1.807) is 0 Å². The van der Waals surface area contributed by atoms with Crippen molar-refractivity contribution in [1.82, 2.24) is 10.3 Å². The summed E-state index contributed by atoms with van der Waals surface area (Å²) in [5, 5.41) is 3.86. The zero-order valence-electron chi connectivity index (χ0n) is 19.1. The van der Waals surface area contributed by atoms with E-state index in [4.69, 9.17) is 10.5 Å². The van der Waals surface area contributed by atoms with Gasteiger partial charge in [0.05, 0.1) is 5.69 Å². The van der Waals surface area contributed by atoms with Crippen molar-refractivity contribution in [2.24, 2.45) is 11.3 Å². The molecule has 4 nitrogen and oxygen atoms in total. The highest BCUT2D eigenvalue weighted by Gasteiger charge is 2.52. The molecule has 2 aromatic rings. The Bertz CT molecular complexity index is 855. The number of halogens is 2. The molecule has 1 aromatic heterocycles. The molecule has 2 aliphatic carbocycles. The van der Waals surface area contributed by atoms with Crippen LogP contribution in [0.25, 0.3) is 11.3 Å². The van der Waals surface area contributed by atoms with Crippen LogP contribution in [-0.2, 0) is 0 Å². The van der Waals surface area contributed by atoms with Crippen molar-refractivity contribution in [2.45, 2.75) is 71.9 Å². The Morgan fingerprint density at radius 3 is 2.35 bits per heavy atom. The van der Waals surface area contributed by atoms with E-state index in [0.717, 1.165) is 28.8 Å². The minimum Gasteiger partial charge on any atom is -0.492 e. The molecule has 2 saturated carbocycles. The van der Waals surface area contributed by atoms with Gasteiger partial charge in [0.2, 0.25) is 0 Å². The first kappa shape index (κ1) is 25.8. The van der Waals surface area contributed by atoms with Crippen LogP contribution >= 0.6 is 24.8 Å². The van der Waals surface area contributed by atoms with Crippen LogP contribution in [0.3, 0.4) is 0 Å². The third kappa shape index (κ3) is 6.27. The molecule has 4 rings (SSSR count). The van der Waals surface area contributed by atoms with Gasteiger partial charge in [-0.3, -0.25) is 0 Å². The third-order valence-electron chi connectivity index (χ3n) is 6.55. The van der Waals surface area contributed by atoms with E-state index in [9.17, 15) is 0 Å². The molecule has 31 heavy (non-hydrogen) atoms. The number of nitrogen functional groups attached to an aromatic ring is 1. The zero-order valence-corrected chi connectivity index (χ0v) is 20.7. The van der Waals surface area contributed by atoms with E-state index in [2.05, 4.69) is 56.2 Å². The van der Waals surface area contributed by atoms with Gasteiger partial charge in [-0.15, -0.1) is 24.8 Å². The molecule has 172 valence electrons. The fourth-order valence-electron chi connectivity index (χ4n) is 4.93. The van der Waals surface area contributed by atoms with Crippen molar-refractivity contribution >= 4 is 30.6 Å². The lowest BCUT2D eigenvalue weighted by atomic mass is 9.76. The van der Waals surface area contributed by atoms with Crippen molar-refractivity contribution in [3.63, 3.8) is 0 Å². The minimum absolute atomic E-state index is 0. The van der Waals surface area contributed by atoms with E-state index in [-0.39, 0.29) is 24.8 Å². The van der Waals surface area contributed by atoms with Gasteiger partial charge in [-0.2, -0.15) is 0 Å². The van der Waals surface area contributed by atoms with Crippen molar-refractivity contribution in [2.75, 3.05) is 12.3 Å². The number of nitrogens with one attached hydrogen (secondary N) is 1. The molecule has 0 unspecified atom stereocenters. The number of nitrogens with two attached hydrogens (primary N) is 1. The molecular weight excluding hydrogens is 429 g/mol.